The van der Waals surface area contributed by atoms with E-state index in [1.54, 1.807) is 19.2 Å². The van der Waals surface area contributed by atoms with E-state index in [2.05, 4.69) is 36.5 Å². The highest BCUT2D eigenvalue weighted by Gasteiger charge is 2.30. The molecule has 1 aliphatic rings. The van der Waals surface area contributed by atoms with Gasteiger partial charge in [0.2, 0.25) is 0 Å². The van der Waals surface area contributed by atoms with Crippen LogP contribution in [-0.2, 0) is 0 Å². The predicted molar refractivity (Wildman–Crippen MR) is 85.2 cm³/mol. The molecule has 0 saturated heterocycles. The van der Waals surface area contributed by atoms with Crippen LogP contribution in [0.1, 0.15) is 29.9 Å². The molecule has 0 radical (unpaired) electrons. The Labute approximate surface area is 125 Å². The fourth-order valence-electron chi connectivity index (χ4n) is 2.95. The van der Waals surface area contributed by atoms with Crippen LogP contribution in [0.25, 0.3) is 0 Å². The molecule has 0 aliphatic heterocycles. The maximum absolute atomic E-state index is 9.79. The molecule has 0 aromatic heterocycles. The summed E-state index contributed by atoms with van der Waals surface area (Å²) in [5.41, 5.74) is 3.70. The molecule has 0 atom stereocenters. The molecule has 2 aromatic carbocycles. The molecular formula is C18H21NO2. The second-order valence-electron chi connectivity index (χ2n) is 5.81. The van der Waals surface area contributed by atoms with Crippen molar-refractivity contribution in [3.63, 3.8) is 0 Å². The van der Waals surface area contributed by atoms with Crippen molar-refractivity contribution >= 4 is 5.69 Å². The van der Waals surface area contributed by atoms with Crippen molar-refractivity contribution in [3.05, 3.63) is 53.6 Å². The molecule has 2 N–H and O–H groups in total. The van der Waals surface area contributed by atoms with Crippen LogP contribution in [0.15, 0.2) is 42.5 Å². The molecule has 2 aromatic rings. The molecule has 0 unspecified atom stereocenters. The van der Waals surface area contributed by atoms with Crippen LogP contribution in [0.4, 0.5) is 5.69 Å². The summed E-state index contributed by atoms with van der Waals surface area (Å²) >= 11 is 0. The first-order valence-electron chi connectivity index (χ1n) is 7.36. The number of anilines is 1. The second-order valence-corrected chi connectivity index (χ2v) is 5.81. The quantitative estimate of drug-likeness (QED) is 0.889. The van der Waals surface area contributed by atoms with Gasteiger partial charge in [-0.15, -0.1) is 0 Å². The molecule has 0 spiro atoms. The van der Waals surface area contributed by atoms with Gasteiger partial charge in [0.05, 0.1) is 7.11 Å². The molecular weight excluding hydrogens is 262 g/mol. The Hall–Kier alpha value is -2.16. The number of aromatic hydroxyl groups is 1. The zero-order valence-electron chi connectivity index (χ0n) is 12.5. The Kier molecular flexibility index (Phi) is 3.74. The van der Waals surface area contributed by atoms with Crippen molar-refractivity contribution in [1.82, 2.24) is 0 Å². The Morgan fingerprint density at radius 3 is 2.62 bits per heavy atom. The zero-order valence-corrected chi connectivity index (χ0v) is 12.5. The van der Waals surface area contributed by atoms with Gasteiger partial charge in [0.25, 0.3) is 0 Å². The van der Waals surface area contributed by atoms with Crippen molar-refractivity contribution in [2.75, 3.05) is 12.4 Å². The van der Waals surface area contributed by atoms with Gasteiger partial charge in [-0.3, -0.25) is 0 Å². The Balaban J connectivity index is 1.58. The summed E-state index contributed by atoms with van der Waals surface area (Å²) in [6.45, 7) is 2.14. The third-order valence-corrected chi connectivity index (χ3v) is 4.20. The van der Waals surface area contributed by atoms with Gasteiger partial charge in [0.15, 0.2) is 11.5 Å². The van der Waals surface area contributed by atoms with Gasteiger partial charge in [-0.25, -0.2) is 0 Å². The summed E-state index contributed by atoms with van der Waals surface area (Å²) in [5.74, 6) is 1.33. The molecule has 0 amide bonds. The highest BCUT2D eigenvalue weighted by atomic mass is 16.5. The Morgan fingerprint density at radius 1 is 1.14 bits per heavy atom. The average molecular weight is 283 g/mol. The number of aryl methyl sites for hydroxylation is 1. The van der Waals surface area contributed by atoms with Gasteiger partial charge >= 0.3 is 0 Å². The molecule has 0 bridgehead atoms. The molecule has 3 rings (SSSR count). The summed E-state index contributed by atoms with van der Waals surface area (Å²) in [7, 11) is 1.56. The number of nitrogens with one attached hydrogen (secondary N) is 1. The number of phenols is 1. The van der Waals surface area contributed by atoms with Crippen molar-refractivity contribution < 1.29 is 9.84 Å². The van der Waals surface area contributed by atoms with Crippen molar-refractivity contribution in [2.24, 2.45) is 0 Å². The first kappa shape index (κ1) is 13.8. The number of methoxy groups -OCH3 is 1. The van der Waals surface area contributed by atoms with Crippen LogP contribution in [0, 0.1) is 6.92 Å². The van der Waals surface area contributed by atoms with E-state index in [1.807, 2.05) is 6.07 Å². The largest absolute Gasteiger partial charge is 0.504 e. The van der Waals surface area contributed by atoms with E-state index >= 15 is 0 Å². The molecule has 110 valence electrons. The summed E-state index contributed by atoms with van der Waals surface area (Å²) in [4.78, 5) is 0. The summed E-state index contributed by atoms with van der Waals surface area (Å²) in [5, 5.41) is 13.3. The van der Waals surface area contributed by atoms with Crippen LogP contribution in [0.3, 0.4) is 0 Å². The van der Waals surface area contributed by atoms with E-state index < -0.39 is 0 Å². The van der Waals surface area contributed by atoms with Crippen molar-refractivity contribution in [1.29, 1.82) is 0 Å². The number of benzene rings is 2. The van der Waals surface area contributed by atoms with Gasteiger partial charge in [0, 0.05) is 17.8 Å². The van der Waals surface area contributed by atoms with Crippen LogP contribution in [-0.4, -0.2) is 18.3 Å². The van der Waals surface area contributed by atoms with E-state index in [1.165, 1.54) is 11.1 Å². The highest BCUT2D eigenvalue weighted by molar-refractivity contribution is 5.55. The molecule has 0 heterocycles. The van der Waals surface area contributed by atoms with Crippen LogP contribution in [0.5, 0.6) is 11.5 Å². The van der Waals surface area contributed by atoms with E-state index in [0.717, 1.165) is 18.5 Å². The fraction of sp³-hybridized carbons (Fsp3) is 0.333. The first-order valence-corrected chi connectivity index (χ1v) is 7.36. The molecule has 3 heteroatoms. The summed E-state index contributed by atoms with van der Waals surface area (Å²) < 4.78 is 5.05. The zero-order chi connectivity index (χ0) is 14.8. The van der Waals surface area contributed by atoms with Crippen LogP contribution < -0.4 is 10.1 Å². The predicted octanol–water partition coefficient (Wildman–Crippen LogP) is 4.07. The van der Waals surface area contributed by atoms with Crippen LogP contribution in [0.2, 0.25) is 0 Å². The number of hydrogen-bond donors (Lipinski definition) is 2. The number of ether oxygens (including phenoxy) is 1. The maximum atomic E-state index is 9.79. The standard InChI is InChI=1S/C18H21NO2/c1-12-4-3-5-13(8-12)14-9-16(10-14)19-15-6-7-18(21-2)17(20)11-15/h3-8,11,14,16,19-20H,9-10H2,1-2H3. The van der Waals surface area contributed by atoms with Gasteiger partial charge in [0.1, 0.15) is 0 Å². The van der Waals surface area contributed by atoms with Crippen LogP contribution >= 0.6 is 0 Å². The lowest BCUT2D eigenvalue weighted by Gasteiger charge is -2.37. The minimum atomic E-state index is 0.178. The summed E-state index contributed by atoms with van der Waals surface area (Å²) in [6.07, 6.45) is 2.27. The first-order chi connectivity index (χ1) is 10.2. The normalized spacial score (nSPS) is 20.7. The molecule has 1 saturated carbocycles. The van der Waals surface area contributed by atoms with Crippen molar-refractivity contribution in [3.8, 4) is 11.5 Å². The second kappa shape index (κ2) is 5.68. The average Bonchev–Trinajstić information content (AvgIpc) is 2.42. The molecule has 21 heavy (non-hydrogen) atoms. The highest BCUT2D eigenvalue weighted by Crippen LogP contribution is 2.39. The molecule has 3 nitrogen and oxygen atoms in total. The fourth-order valence-corrected chi connectivity index (χ4v) is 2.95. The van der Waals surface area contributed by atoms with Gasteiger partial charge in [-0.05, 0) is 43.4 Å². The van der Waals surface area contributed by atoms with E-state index in [0.29, 0.717) is 17.7 Å². The maximum Gasteiger partial charge on any atom is 0.160 e. The van der Waals surface area contributed by atoms with Crippen molar-refractivity contribution in [2.45, 2.75) is 31.7 Å². The Morgan fingerprint density at radius 2 is 1.95 bits per heavy atom. The molecule has 1 fully saturated rings. The lowest BCUT2D eigenvalue weighted by atomic mass is 9.75. The third kappa shape index (κ3) is 2.97. The lowest BCUT2D eigenvalue weighted by molar-refractivity contribution is 0.369. The third-order valence-electron chi connectivity index (χ3n) is 4.20. The van der Waals surface area contributed by atoms with E-state index in [-0.39, 0.29) is 5.75 Å². The summed E-state index contributed by atoms with van der Waals surface area (Å²) in [6, 6.07) is 14.7. The van der Waals surface area contributed by atoms with Gasteiger partial charge in [-0.2, -0.15) is 0 Å². The minimum Gasteiger partial charge on any atom is -0.504 e. The van der Waals surface area contributed by atoms with Gasteiger partial charge in [-0.1, -0.05) is 29.8 Å². The number of phenolic OH excluding ortho intramolecular Hbond substituents is 1. The minimum absolute atomic E-state index is 0.178. The Bertz CT molecular complexity index is 633. The monoisotopic (exact) mass is 283 g/mol. The molecule has 1 aliphatic carbocycles. The van der Waals surface area contributed by atoms with E-state index in [4.69, 9.17) is 4.74 Å². The van der Waals surface area contributed by atoms with E-state index in [9.17, 15) is 5.11 Å². The SMILES string of the molecule is COc1ccc(NC2CC(c3cccc(C)c3)C2)cc1O. The van der Waals surface area contributed by atoms with Gasteiger partial charge < -0.3 is 15.2 Å². The number of rotatable bonds is 4. The topological polar surface area (TPSA) is 41.5 Å². The smallest absolute Gasteiger partial charge is 0.160 e. The number of hydrogen-bond acceptors (Lipinski definition) is 3. The lowest BCUT2D eigenvalue weighted by Crippen LogP contribution is -2.33.